The summed E-state index contributed by atoms with van der Waals surface area (Å²) in [5.41, 5.74) is 0.751. The summed E-state index contributed by atoms with van der Waals surface area (Å²) < 4.78 is 11.1. The summed E-state index contributed by atoms with van der Waals surface area (Å²) in [7, 11) is 0. The van der Waals surface area contributed by atoms with Crippen LogP contribution in [-0.2, 0) is 23.9 Å². The van der Waals surface area contributed by atoms with E-state index in [1.54, 1.807) is 0 Å². The van der Waals surface area contributed by atoms with Crippen LogP contribution >= 0.6 is 0 Å². The van der Waals surface area contributed by atoms with Crippen molar-refractivity contribution in [1.82, 2.24) is 0 Å². The number of hydrogen-bond donors (Lipinski definition) is 0. The molecule has 0 spiro atoms. The molecule has 4 aliphatic rings. The molecule has 0 aromatic heterocycles. The van der Waals surface area contributed by atoms with Gasteiger partial charge in [0.25, 0.3) is 0 Å². The highest BCUT2D eigenvalue weighted by molar-refractivity contribution is 5.98. The van der Waals surface area contributed by atoms with Gasteiger partial charge in [-0.25, -0.2) is 0 Å². The summed E-state index contributed by atoms with van der Waals surface area (Å²) in [5.74, 6) is 1.00. The van der Waals surface area contributed by atoms with Crippen LogP contribution in [0, 0.1) is 28.6 Å². The van der Waals surface area contributed by atoms with Gasteiger partial charge in [-0.1, -0.05) is 13.8 Å². The fourth-order valence-corrected chi connectivity index (χ4v) is 7.17. The molecular weight excluding hydrogens is 356 g/mol. The van der Waals surface area contributed by atoms with E-state index in [0.29, 0.717) is 24.2 Å². The van der Waals surface area contributed by atoms with Gasteiger partial charge >= 0.3 is 11.9 Å². The second-order valence-corrected chi connectivity index (χ2v) is 9.91. The highest BCUT2D eigenvalue weighted by Gasteiger charge is 2.61. The van der Waals surface area contributed by atoms with E-state index in [9.17, 15) is 14.4 Å². The third kappa shape index (κ3) is 2.93. The molecule has 0 aromatic carbocycles. The number of Topliss-reactive ketones (excluding diaryl/α,β-unsaturated/α-hetero) is 1. The smallest absolute Gasteiger partial charge is 0.303 e. The quantitative estimate of drug-likeness (QED) is 0.669. The van der Waals surface area contributed by atoms with Crippen LogP contribution in [0.4, 0.5) is 0 Å². The molecule has 4 rings (SSSR count). The largest absolute Gasteiger partial charge is 0.462 e. The van der Waals surface area contributed by atoms with Crippen molar-refractivity contribution in [2.75, 3.05) is 0 Å². The molecule has 5 heteroatoms. The molecule has 3 fully saturated rings. The average Bonchev–Trinajstić information content (AvgIpc) is 2.92. The van der Waals surface area contributed by atoms with Crippen molar-refractivity contribution >= 4 is 17.7 Å². The van der Waals surface area contributed by atoms with Gasteiger partial charge in [-0.2, -0.15) is 0 Å². The summed E-state index contributed by atoms with van der Waals surface area (Å²) in [4.78, 5) is 36.1. The highest BCUT2D eigenvalue weighted by atomic mass is 16.5. The second-order valence-electron chi connectivity index (χ2n) is 9.91. The maximum Gasteiger partial charge on any atom is 0.303 e. The van der Waals surface area contributed by atoms with Crippen molar-refractivity contribution in [2.24, 2.45) is 28.6 Å². The Labute approximate surface area is 167 Å². The maximum atomic E-state index is 13.2. The van der Waals surface area contributed by atoms with Crippen molar-refractivity contribution in [1.29, 1.82) is 0 Å². The zero-order chi connectivity index (χ0) is 20.3. The number of carbonyl (C=O) groups is 3. The topological polar surface area (TPSA) is 69.7 Å². The number of ether oxygens (including phenoxy) is 2. The van der Waals surface area contributed by atoms with Crippen LogP contribution in [-0.4, -0.2) is 29.9 Å². The lowest BCUT2D eigenvalue weighted by atomic mass is 9.47. The van der Waals surface area contributed by atoms with Gasteiger partial charge < -0.3 is 9.47 Å². The van der Waals surface area contributed by atoms with Crippen LogP contribution in [0.15, 0.2) is 11.6 Å². The Kier molecular flexibility index (Phi) is 4.71. The van der Waals surface area contributed by atoms with E-state index in [0.717, 1.165) is 44.1 Å². The van der Waals surface area contributed by atoms with Gasteiger partial charge in [-0.3, -0.25) is 14.4 Å². The van der Waals surface area contributed by atoms with Crippen molar-refractivity contribution in [3.05, 3.63) is 11.6 Å². The zero-order valence-electron chi connectivity index (χ0n) is 17.5. The van der Waals surface area contributed by atoms with Gasteiger partial charge in [0.15, 0.2) is 5.78 Å². The first-order valence-electron chi connectivity index (χ1n) is 10.7. The normalized spacial score (nSPS) is 44.6. The number of allylic oxidation sites excluding steroid dienone is 1. The number of ketones is 1. The predicted octanol–water partition coefficient (Wildman–Crippen LogP) is 3.99. The van der Waals surface area contributed by atoms with Crippen LogP contribution < -0.4 is 0 Å². The zero-order valence-corrected chi connectivity index (χ0v) is 17.5. The van der Waals surface area contributed by atoms with Gasteiger partial charge in [0, 0.05) is 31.3 Å². The lowest BCUT2D eigenvalue weighted by Gasteiger charge is -2.57. The summed E-state index contributed by atoms with van der Waals surface area (Å²) in [5, 5.41) is 0. The van der Waals surface area contributed by atoms with Gasteiger partial charge in [0.2, 0.25) is 0 Å². The minimum atomic E-state index is -0.289. The third-order valence-corrected chi connectivity index (χ3v) is 8.43. The average molecular weight is 389 g/mol. The Bertz CT molecular complexity index is 739. The molecule has 3 saturated carbocycles. The molecule has 0 aliphatic heterocycles. The van der Waals surface area contributed by atoms with E-state index in [-0.39, 0.29) is 40.8 Å². The Morgan fingerprint density at radius 1 is 0.964 bits per heavy atom. The van der Waals surface area contributed by atoms with E-state index in [2.05, 4.69) is 13.8 Å². The molecule has 4 aliphatic carbocycles. The van der Waals surface area contributed by atoms with Gasteiger partial charge in [-0.05, 0) is 67.8 Å². The number of fused-ring (bicyclic) bond motifs is 5. The fraction of sp³-hybridized carbons (Fsp3) is 0.783. The molecular formula is C23H32O5. The molecule has 0 heterocycles. The van der Waals surface area contributed by atoms with E-state index < -0.39 is 0 Å². The second kappa shape index (κ2) is 6.70. The minimum Gasteiger partial charge on any atom is -0.462 e. The third-order valence-electron chi connectivity index (χ3n) is 8.43. The first-order valence-corrected chi connectivity index (χ1v) is 10.7. The molecule has 7 atom stereocenters. The summed E-state index contributed by atoms with van der Waals surface area (Å²) in [6, 6.07) is 0. The summed E-state index contributed by atoms with van der Waals surface area (Å²) in [6.07, 6.45) is 7.95. The van der Waals surface area contributed by atoms with E-state index in [4.69, 9.17) is 9.47 Å². The standard InChI is InChI=1S/C23H32O5/c1-13(24)27-15-7-9-22(3)18-8-10-23(4)17(5-6-21(23)28-14(2)25)16(18)12-20(26)19(22)11-15/h11,15-18,21H,5-10,12H2,1-4H3/t15-,16-,17-,18-,21-,22+,23-/m0/s1. The minimum absolute atomic E-state index is 0.0142. The molecule has 28 heavy (non-hydrogen) atoms. The number of carbonyl (C=O) groups excluding carboxylic acids is 3. The van der Waals surface area contributed by atoms with Gasteiger partial charge in [-0.15, -0.1) is 0 Å². The maximum absolute atomic E-state index is 13.2. The Hall–Kier alpha value is -1.65. The first-order chi connectivity index (χ1) is 13.1. The molecule has 154 valence electrons. The SMILES string of the molecule is CC(=O)O[C@@H]1C=C2C(=O)C[C@H]3[C@@H]4CC[C@H](OC(C)=O)[C@@]4(C)CC[C@@H]3[C@@]2(C)CC1. The van der Waals surface area contributed by atoms with Crippen LogP contribution in [0.5, 0.6) is 0 Å². The fourth-order valence-electron chi connectivity index (χ4n) is 7.17. The highest BCUT2D eigenvalue weighted by Crippen LogP contribution is 2.65. The van der Waals surface area contributed by atoms with Crippen LogP contribution in [0.3, 0.4) is 0 Å². The van der Waals surface area contributed by atoms with Gasteiger partial charge in [0.1, 0.15) is 12.2 Å². The monoisotopic (exact) mass is 388 g/mol. The van der Waals surface area contributed by atoms with Crippen molar-refractivity contribution in [2.45, 2.75) is 84.8 Å². The van der Waals surface area contributed by atoms with Crippen LogP contribution in [0.25, 0.3) is 0 Å². The van der Waals surface area contributed by atoms with Crippen LogP contribution in [0.1, 0.15) is 72.6 Å². The number of rotatable bonds is 2. The molecule has 0 unspecified atom stereocenters. The van der Waals surface area contributed by atoms with E-state index >= 15 is 0 Å². The molecule has 0 N–H and O–H groups in total. The lowest BCUT2D eigenvalue weighted by molar-refractivity contribution is -0.158. The molecule has 0 saturated heterocycles. The molecule has 0 radical (unpaired) electrons. The molecule has 5 nitrogen and oxygen atoms in total. The Balaban J connectivity index is 1.62. The molecule has 0 bridgehead atoms. The molecule has 0 amide bonds. The first kappa shape index (κ1) is 19.7. The number of esters is 2. The Morgan fingerprint density at radius 2 is 1.68 bits per heavy atom. The predicted molar refractivity (Wildman–Crippen MR) is 103 cm³/mol. The summed E-state index contributed by atoms with van der Waals surface area (Å²) >= 11 is 0. The van der Waals surface area contributed by atoms with E-state index in [1.165, 1.54) is 13.8 Å². The van der Waals surface area contributed by atoms with E-state index in [1.807, 2.05) is 6.08 Å². The number of hydrogen-bond acceptors (Lipinski definition) is 5. The Morgan fingerprint density at radius 3 is 2.36 bits per heavy atom. The molecule has 0 aromatic rings. The van der Waals surface area contributed by atoms with Crippen molar-refractivity contribution in [3.63, 3.8) is 0 Å². The van der Waals surface area contributed by atoms with Crippen molar-refractivity contribution in [3.8, 4) is 0 Å². The summed E-state index contributed by atoms with van der Waals surface area (Å²) in [6.45, 7) is 7.43. The van der Waals surface area contributed by atoms with Crippen LogP contribution in [0.2, 0.25) is 0 Å². The van der Waals surface area contributed by atoms with Gasteiger partial charge in [0.05, 0.1) is 0 Å². The lowest BCUT2D eigenvalue weighted by Crippen LogP contribution is -2.54. The van der Waals surface area contributed by atoms with Crippen molar-refractivity contribution < 1.29 is 23.9 Å².